The van der Waals surface area contributed by atoms with E-state index in [9.17, 15) is 9.59 Å². The van der Waals surface area contributed by atoms with Crippen molar-refractivity contribution in [2.75, 3.05) is 19.5 Å². The van der Waals surface area contributed by atoms with Gasteiger partial charge < -0.3 is 9.30 Å². The van der Waals surface area contributed by atoms with E-state index < -0.39 is 0 Å². The predicted molar refractivity (Wildman–Crippen MR) is 117 cm³/mol. The summed E-state index contributed by atoms with van der Waals surface area (Å²) in [5, 5.41) is 1.11. The molecule has 7 heteroatoms. The molecule has 0 amide bonds. The van der Waals surface area contributed by atoms with Crippen molar-refractivity contribution in [1.29, 1.82) is 0 Å². The highest BCUT2D eigenvalue weighted by atomic mass is 32.2. The number of methoxy groups -OCH3 is 1. The Labute approximate surface area is 174 Å². The van der Waals surface area contributed by atoms with Crippen LogP contribution in [0.3, 0.4) is 0 Å². The molecule has 0 aliphatic rings. The molecular formula is C22H27N3O3S. The molecule has 3 aromatic rings. The molecule has 1 aromatic carbocycles. The van der Waals surface area contributed by atoms with Crippen LogP contribution in [0.15, 0.2) is 40.3 Å². The van der Waals surface area contributed by atoms with Crippen molar-refractivity contribution < 1.29 is 9.53 Å². The van der Waals surface area contributed by atoms with Gasteiger partial charge in [0.2, 0.25) is 0 Å². The molecule has 0 aliphatic carbocycles. The molecule has 0 spiro atoms. The van der Waals surface area contributed by atoms with Crippen molar-refractivity contribution in [3.8, 4) is 0 Å². The Bertz CT molecular complexity index is 1100. The summed E-state index contributed by atoms with van der Waals surface area (Å²) in [5.74, 6) is 0.260. The Hall–Kier alpha value is -2.38. The zero-order valence-corrected chi connectivity index (χ0v) is 18.4. The van der Waals surface area contributed by atoms with Crippen LogP contribution in [-0.2, 0) is 11.3 Å². The van der Waals surface area contributed by atoms with Crippen LogP contribution < -0.4 is 5.56 Å². The van der Waals surface area contributed by atoms with Gasteiger partial charge in [0.1, 0.15) is 0 Å². The first kappa shape index (κ1) is 21.3. The average molecular weight is 414 g/mol. The number of ether oxygens (including phenoxy) is 1. The number of thioether (sulfide) groups is 1. The first-order valence-corrected chi connectivity index (χ1v) is 10.7. The number of ketones is 1. The Morgan fingerprint density at radius 2 is 1.97 bits per heavy atom. The lowest BCUT2D eigenvalue weighted by Gasteiger charge is -2.14. The molecule has 0 bridgehead atoms. The van der Waals surface area contributed by atoms with Crippen LogP contribution >= 0.6 is 11.8 Å². The Kier molecular flexibility index (Phi) is 6.59. The molecule has 0 aliphatic heterocycles. The number of aryl methyl sites for hydroxylation is 1. The fraction of sp³-hybridized carbons (Fsp3) is 0.409. The van der Waals surface area contributed by atoms with Gasteiger partial charge in [0.25, 0.3) is 5.56 Å². The number of nitrogens with zero attached hydrogens (tertiary/aromatic N) is 3. The van der Waals surface area contributed by atoms with Gasteiger partial charge in [-0.05, 0) is 45.9 Å². The predicted octanol–water partition coefficient (Wildman–Crippen LogP) is 4.02. The minimum atomic E-state index is -0.111. The zero-order valence-electron chi connectivity index (χ0n) is 17.6. The largest absolute Gasteiger partial charge is 0.383 e. The molecule has 0 atom stereocenters. The zero-order chi connectivity index (χ0) is 21.1. The van der Waals surface area contributed by atoms with Crippen molar-refractivity contribution in [3.05, 3.63) is 57.6 Å². The number of carbonyl (C=O) groups excluding carboxylic acids is 1. The second-order valence-corrected chi connectivity index (χ2v) is 8.26. The fourth-order valence-corrected chi connectivity index (χ4v) is 4.61. The Morgan fingerprint density at radius 1 is 1.24 bits per heavy atom. The van der Waals surface area contributed by atoms with Gasteiger partial charge in [0.15, 0.2) is 10.9 Å². The Balaban J connectivity index is 1.91. The number of para-hydroxylation sites is 1. The first-order valence-electron chi connectivity index (χ1n) is 9.68. The van der Waals surface area contributed by atoms with Gasteiger partial charge in [0.05, 0.1) is 29.8 Å². The summed E-state index contributed by atoms with van der Waals surface area (Å²) in [5.41, 5.74) is 3.31. The van der Waals surface area contributed by atoms with E-state index in [2.05, 4.69) is 23.4 Å². The monoisotopic (exact) mass is 413 g/mol. The van der Waals surface area contributed by atoms with Crippen molar-refractivity contribution in [2.45, 2.75) is 45.4 Å². The van der Waals surface area contributed by atoms with Gasteiger partial charge in [-0.15, -0.1) is 0 Å². The van der Waals surface area contributed by atoms with Gasteiger partial charge >= 0.3 is 0 Å². The van der Waals surface area contributed by atoms with E-state index >= 15 is 0 Å². The van der Waals surface area contributed by atoms with Crippen LogP contribution in [0.25, 0.3) is 10.9 Å². The van der Waals surface area contributed by atoms with Gasteiger partial charge in [-0.3, -0.25) is 14.2 Å². The van der Waals surface area contributed by atoms with Gasteiger partial charge in [0, 0.05) is 30.1 Å². The number of hydrogen-bond acceptors (Lipinski definition) is 5. The summed E-state index contributed by atoms with van der Waals surface area (Å²) >= 11 is 1.30. The normalized spacial score (nSPS) is 11.5. The summed E-state index contributed by atoms with van der Waals surface area (Å²) in [6.07, 6.45) is 0. The Morgan fingerprint density at radius 3 is 2.62 bits per heavy atom. The number of carbonyl (C=O) groups is 1. The molecule has 2 heterocycles. The maximum Gasteiger partial charge on any atom is 0.262 e. The van der Waals surface area contributed by atoms with E-state index in [1.165, 1.54) is 11.8 Å². The van der Waals surface area contributed by atoms with Crippen molar-refractivity contribution in [1.82, 2.24) is 14.1 Å². The fourth-order valence-electron chi connectivity index (χ4n) is 3.70. The quantitative estimate of drug-likeness (QED) is 0.317. The number of rotatable bonds is 8. The van der Waals surface area contributed by atoms with E-state index in [0.29, 0.717) is 35.3 Å². The van der Waals surface area contributed by atoms with Crippen LogP contribution in [0, 0.1) is 13.8 Å². The van der Waals surface area contributed by atoms with Gasteiger partial charge in [-0.25, -0.2) is 4.98 Å². The van der Waals surface area contributed by atoms with Crippen LogP contribution in [0.5, 0.6) is 0 Å². The smallest absolute Gasteiger partial charge is 0.262 e. The van der Waals surface area contributed by atoms with E-state index in [4.69, 9.17) is 4.74 Å². The molecule has 0 radical (unpaired) electrons. The molecule has 0 saturated heterocycles. The number of aromatic nitrogens is 3. The molecule has 0 N–H and O–H groups in total. The van der Waals surface area contributed by atoms with Crippen LogP contribution in [-0.4, -0.2) is 39.4 Å². The molecule has 0 unspecified atom stereocenters. The molecule has 0 saturated carbocycles. The minimum absolute atomic E-state index is 0.0377. The summed E-state index contributed by atoms with van der Waals surface area (Å²) in [6.45, 7) is 9.01. The highest BCUT2D eigenvalue weighted by molar-refractivity contribution is 7.99. The number of hydrogen-bond donors (Lipinski definition) is 0. The summed E-state index contributed by atoms with van der Waals surface area (Å²) < 4.78 is 8.92. The second kappa shape index (κ2) is 8.97. The number of benzene rings is 1. The lowest BCUT2D eigenvalue weighted by Crippen LogP contribution is -2.25. The molecule has 0 fully saturated rings. The third kappa shape index (κ3) is 4.31. The molecular weight excluding hydrogens is 386 g/mol. The molecule has 3 rings (SSSR count). The van der Waals surface area contributed by atoms with E-state index in [0.717, 1.165) is 17.0 Å². The summed E-state index contributed by atoms with van der Waals surface area (Å²) in [6, 6.07) is 9.52. The lowest BCUT2D eigenvalue weighted by atomic mass is 10.2. The maximum absolute atomic E-state index is 12.9. The molecule has 6 nitrogen and oxygen atoms in total. The average Bonchev–Trinajstić information content (AvgIpc) is 3.00. The lowest BCUT2D eigenvalue weighted by molar-refractivity contribution is 0.102. The standard InChI is InChI=1S/C22H27N3O3S/c1-14(2)25-15(3)12-18(16(25)4)20(26)13-29-22-23-19-9-7-6-8-17(19)21(27)24(22)10-11-28-5/h6-9,12,14H,10-11,13H2,1-5H3. The van der Waals surface area contributed by atoms with E-state index in [1.54, 1.807) is 17.7 Å². The van der Waals surface area contributed by atoms with Gasteiger partial charge in [-0.1, -0.05) is 23.9 Å². The van der Waals surface area contributed by atoms with Crippen molar-refractivity contribution >= 4 is 28.4 Å². The van der Waals surface area contributed by atoms with Gasteiger partial charge in [-0.2, -0.15) is 0 Å². The van der Waals surface area contributed by atoms with Crippen molar-refractivity contribution in [2.24, 2.45) is 0 Å². The molecule has 29 heavy (non-hydrogen) atoms. The maximum atomic E-state index is 12.9. The minimum Gasteiger partial charge on any atom is -0.383 e. The summed E-state index contributed by atoms with van der Waals surface area (Å²) in [4.78, 5) is 30.5. The number of fused-ring (bicyclic) bond motifs is 1. The molecule has 2 aromatic heterocycles. The van der Waals surface area contributed by atoms with Crippen LogP contribution in [0.4, 0.5) is 0 Å². The first-order chi connectivity index (χ1) is 13.8. The second-order valence-electron chi connectivity index (χ2n) is 7.32. The molecule has 154 valence electrons. The van der Waals surface area contributed by atoms with E-state index in [1.807, 2.05) is 38.1 Å². The SMILES string of the molecule is COCCn1c(SCC(=O)c2cc(C)n(C(C)C)c2C)nc2ccccc2c1=O. The van der Waals surface area contributed by atoms with E-state index in [-0.39, 0.29) is 17.1 Å². The van der Waals surface area contributed by atoms with Crippen LogP contribution in [0.2, 0.25) is 0 Å². The highest BCUT2D eigenvalue weighted by Crippen LogP contribution is 2.24. The third-order valence-corrected chi connectivity index (χ3v) is 5.96. The van der Waals surface area contributed by atoms with Crippen LogP contribution in [0.1, 0.15) is 41.6 Å². The summed E-state index contributed by atoms with van der Waals surface area (Å²) in [7, 11) is 1.60. The number of Topliss-reactive ketones (excluding diaryl/α,β-unsaturated/α-hetero) is 1. The van der Waals surface area contributed by atoms with Crippen molar-refractivity contribution in [3.63, 3.8) is 0 Å². The third-order valence-electron chi connectivity index (χ3n) is 4.98. The topological polar surface area (TPSA) is 66.1 Å². The highest BCUT2D eigenvalue weighted by Gasteiger charge is 2.19.